The monoisotopic (exact) mass is 201 g/mol. The quantitative estimate of drug-likeness (QED) is 0.742. The third-order valence-electron chi connectivity index (χ3n) is 1.35. The van der Waals surface area contributed by atoms with E-state index >= 15 is 0 Å². The number of halogens is 2. The van der Waals surface area contributed by atoms with Gasteiger partial charge >= 0.3 is 0 Å². The van der Waals surface area contributed by atoms with Crippen LogP contribution in [0.3, 0.4) is 0 Å². The van der Waals surface area contributed by atoms with Gasteiger partial charge in [-0.3, -0.25) is 4.79 Å². The lowest BCUT2D eigenvalue weighted by atomic mass is 10.2. The number of amides is 1. The summed E-state index contributed by atoms with van der Waals surface area (Å²) in [6, 6.07) is 2.66. The molecule has 4 heteroatoms. The largest absolute Gasteiger partial charge is 0.355 e. The van der Waals surface area contributed by atoms with Gasteiger partial charge in [0, 0.05) is 18.7 Å². The van der Waals surface area contributed by atoms with Gasteiger partial charge in [-0.1, -0.05) is 13.8 Å². The first-order valence-corrected chi connectivity index (χ1v) is 4.31. The summed E-state index contributed by atoms with van der Waals surface area (Å²) in [5.41, 5.74) is -0.0185. The molecule has 0 aliphatic heterocycles. The molecule has 0 radical (unpaired) electrons. The van der Waals surface area contributed by atoms with Gasteiger partial charge in [0.15, 0.2) is 0 Å². The van der Waals surface area contributed by atoms with E-state index in [0.717, 1.165) is 12.1 Å². The summed E-state index contributed by atoms with van der Waals surface area (Å²) in [6.45, 7) is 4.00. The summed E-state index contributed by atoms with van der Waals surface area (Å²) in [6.07, 6.45) is 0. The molecule has 14 heavy (non-hydrogen) atoms. The molecule has 78 valence electrons. The Bertz CT molecular complexity index is 293. The Labute approximate surface area is 81.9 Å². The van der Waals surface area contributed by atoms with Gasteiger partial charge in [0.25, 0.3) is 5.91 Å². The number of nitrogens with one attached hydrogen (secondary N) is 1. The molecule has 0 aliphatic rings. The van der Waals surface area contributed by atoms with E-state index in [1.54, 1.807) is 0 Å². The molecule has 0 aliphatic carbocycles. The van der Waals surface area contributed by atoms with Gasteiger partial charge in [-0.15, -0.1) is 0 Å². The summed E-state index contributed by atoms with van der Waals surface area (Å²) < 4.78 is 25.0. The van der Waals surface area contributed by atoms with Crippen molar-refractivity contribution in [2.24, 2.45) is 0 Å². The lowest BCUT2D eigenvalue weighted by molar-refractivity contribution is 0.0962. The van der Waals surface area contributed by atoms with Crippen molar-refractivity contribution in [1.29, 1.82) is 0 Å². The molecular formula is C10H13F2NO. The maximum atomic E-state index is 12.5. The highest BCUT2D eigenvalue weighted by atomic mass is 19.1. The molecule has 0 saturated carbocycles. The number of rotatable bonds is 1. The van der Waals surface area contributed by atoms with Crippen molar-refractivity contribution >= 4 is 5.91 Å². The maximum Gasteiger partial charge on any atom is 0.251 e. The van der Waals surface area contributed by atoms with Crippen molar-refractivity contribution in [3.05, 3.63) is 35.4 Å². The zero-order chi connectivity index (χ0) is 11.1. The molecule has 0 heterocycles. The molecule has 0 fully saturated rings. The topological polar surface area (TPSA) is 29.1 Å². The Hall–Kier alpha value is -1.45. The van der Waals surface area contributed by atoms with E-state index in [-0.39, 0.29) is 5.56 Å². The first kappa shape index (κ1) is 12.6. The summed E-state index contributed by atoms with van der Waals surface area (Å²) >= 11 is 0. The van der Waals surface area contributed by atoms with Crippen LogP contribution >= 0.6 is 0 Å². The Morgan fingerprint density at radius 3 is 1.93 bits per heavy atom. The normalized spacial score (nSPS) is 8.64. The maximum absolute atomic E-state index is 12.5. The Morgan fingerprint density at radius 2 is 1.57 bits per heavy atom. The third-order valence-corrected chi connectivity index (χ3v) is 1.35. The van der Waals surface area contributed by atoms with Crippen LogP contribution in [-0.4, -0.2) is 13.0 Å². The molecule has 0 bridgehead atoms. The van der Waals surface area contributed by atoms with Gasteiger partial charge in [0.2, 0.25) is 0 Å². The van der Waals surface area contributed by atoms with E-state index in [4.69, 9.17) is 0 Å². The summed E-state index contributed by atoms with van der Waals surface area (Å²) in [5.74, 6) is -2.02. The lowest BCUT2D eigenvalue weighted by Crippen LogP contribution is -2.18. The molecule has 1 aromatic carbocycles. The number of carbonyl (C=O) groups is 1. The minimum atomic E-state index is -0.756. The molecule has 1 amide bonds. The average Bonchev–Trinajstić information content (AvgIpc) is 2.18. The molecular weight excluding hydrogens is 188 g/mol. The fraction of sp³-hybridized carbons (Fsp3) is 0.300. The van der Waals surface area contributed by atoms with Crippen LogP contribution in [0, 0.1) is 11.6 Å². The van der Waals surface area contributed by atoms with Crippen LogP contribution in [0.2, 0.25) is 0 Å². The van der Waals surface area contributed by atoms with Gasteiger partial charge in [-0.25, -0.2) is 8.78 Å². The zero-order valence-electron chi connectivity index (χ0n) is 8.40. The second-order valence-corrected chi connectivity index (χ2v) is 2.24. The smallest absolute Gasteiger partial charge is 0.251 e. The Kier molecular flexibility index (Phi) is 5.44. The minimum absolute atomic E-state index is 0.0185. The average molecular weight is 201 g/mol. The van der Waals surface area contributed by atoms with Gasteiger partial charge in [0.1, 0.15) is 11.6 Å². The van der Waals surface area contributed by atoms with Crippen molar-refractivity contribution < 1.29 is 13.6 Å². The summed E-state index contributed by atoms with van der Waals surface area (Å²) in [5, 5.41) is 2.26. The molecule has 0 aromatic heterocycles. The van der Waals surface area contributed by atoms with Crippen molar-refractivity contribution in [3.8, 4) is 0 Å². The highest BCUT2D eigenvalue weighted by Crippen LogP contribution is 2.07. The number of hydrogen-bond acceptors (Lipinski definition) is 1. The number of benzene rings is 1. The SMILES string of the molecule is CC.CNC(=O)c1cc(F)cc(F)c1. The summed E-state index contributed by atoms with van der Waals surface area (Å²) in [4.78, 5) is 10.9. The van der Waals surface area contributed by atoms with Crippen LogP contribution in [-0.2, 0) is 0 Å². The van der Waals surface area contributed by atoms with Gasteiger partial charge in [-0.2, -0.15) is 0 Å². The van der Waals surface area contributed by atoms with Crippen LogP contribution in [0.5, 0.6) is 0 Å². The van der Waals surface area contributed by atoms with Gasteiger partial charge in [-0.05, 0) is 12.1 Å². The zero-order valence-corrected chi connectivity index (χ0v) is 8.40. The molecule has 2 nitrogen and oxygen atoms in total. The van der Waals surface area contributed by atoms with Crippen molar-refractivity contribution in [2.45, 2.75) is 13.8 Å². The van der Waals surface area contributed by atoms with E-state index in [1.807, 2.05) is 13.8 Å². The molecule has 1 N–H and O–H groups in total. The highest BCUT2D eigenvalue weighted by Gasteiger charge is 2.06. The van der Waals surface area contributed by atoms with Crippen molar-refractivity contribution in [3.63, 3.8) is 0 Å². The predicted octanol–water partition coefficient (Wildman–Crippen LogP) is 2.35. The predicted molar refractivity (Wildman–Crippen MR) is 51.1 cm³/mol. The molecule has 1 rings (SSSR count). The van der Waals surface area contributed by atoms with Crippen molar-refractivity contribution in [2.75, 3.05) is 7.05 Å². The van der Waals surface area contributed by atoms with Crippen molar-refractivity contribution in [1.82, 2.24) is 5.32 Å². The van der Waals surface area contributed by atoms with E-state index in [0.29, 0.717) is 6.07 Å². The molecule has 0 unspecified atom stereocenters. The van der Waals surface area contributed by atoms with Crippen LogP contribution in [0.15, 0.2) is 18.2 Å². The van der Waals surface area contributed by atoms with Crippen LogP contribution in [0.25, 0.3) is 0 Å². The van der Waals surface area contributed by atoms with Crippen LogP contribution in [0.1, 0.15) is 24.2 Å². The first-order chi connectivity index (χ1) is 6.63. The number of hydrogen-bond donors (Lipinski definition) is 1. The second-order valence-electron chi connectivity index (χ2n) is 2.24. The highest BCUT2D eigenvalue weighted by molar-refractivity contribution is 5.93. The number of carbonyl (C=O) groups excluding carboxylic acids is 1. The molecule has 0 saturated heterocycles. The van der Waals surface area contributed by atoms with E-state index in [2.05, 4.69) is 5.32 Å². The van der Waals surface area contributed by atoms with E-state index in [1.165, 1.54) is 7.05 Å². The second kappa shape index (κ2) is 6.07. The van der Waals surface area contributed by atoms with Crippen LogP contribution in [0.4, 0.5) is 8.78 Å². The van der Waals surface area contributed by atoms with E-state index < -0.39 is 17.5 Å². The molecule has 1 aromatic rings. The van der Waals surface area contributed by atoms with Gasteiger partial charge < -0.3 is 5.32 Å². The lowest BCUT2D eigenvalue weighted by Gasteiger charge is -1.99. The summed E-state index contributed by atoms with van der Waals surface area (Å²) in [7, 11) is 1.39. The standard InChI is InChI=1S/C8H7F2NO.C2H6/c1-11-8(12)5-2-6(9)4-7(10)3-5;1-2/h2-4H,1H3,(H,11,12);1-2H3. The fourth-order valence-electron chi connectivity index (χ4n) is 0.829. The Balaban J connectivity index is 0.000000791. The first-order valence-electron chi connectivity index (χ1n) is 4.31. The fourth-order valence-corrected chi connectivity index (χ4v) is 0.829. The minimum Gasteiger partial charge on any atom is -0.355 e. The Morgan fingerprint density at radius 1 is 1.14 bits per heavy atom. The van der Waals surface area contributed by atoms with Crippen LogP contribution < -0.4 is 5.32 Å². The van der Waals surface area contributed by atoms with E-state index in [9.17, 15) is 13.6 Å². The third kappa shape index (κ3) is 3.51. The molecule has 0 spiro atoms. The molecule has 0 atom stereocenters. The van der Waals surface area contributed by atoms with Gasteiger partial charge in [0.05, 0.1) is 0 Å².